The maximum atomic E-state index is 13.8. The normalized spacial score (nSPS) is 14.1. The molecule has 260 valence electrons. The highest BCUT2D eigenvalue weighted by molar-refractivity contribution is 7.89. The van der Waals surface area contributed by atoms with Gasteiger partial charge in [-0.25, -0.2) is 26.8 Å². The van der Waals surface area contributed by atoms with Crippen LogP contribution < -0.4 is 10.5 Å². The summed E-state index contributed by atoms with van der Waals surface area (Å²) >= 11 is 0. The van der Waals surface area contributed by atoms with Crippen LogP contribution in [0.2, 0.25) is 0 Å². The second-order valence-corrected chi connectivity index (χ2v) is 15.2. The van der Waals surface area contributed by atoms with Crippen LogP contribution in [0, 0.1) is 5.92 Å². The number of nitrogens with zero attached hydrogens (tertiary/aromatic N) is 3. The molecule has 14 nitrogen and oxygen atoms in total. The van der Waals surface area contributed by atoms with Gasteiger partial charge in [0.2, 0.25) is 26.0 Å². The number of carbonyl (C=O) groups is 2. The smallest absolute Gasteiger partial charge is 0.408 e. The van der Waals surface area contributed by atoms with Gasteiger partial charge in [-0.15, -0.1) is 0 Å². The molecule has 3 aromatic rings. The van der Waals surface area contributed by atoms with Gasteiger partial charge in [0.1, 0.15) is 6.04 Å². The summed E-state index contributed by atoms with van der Waals surface area (Å²) in [5.41, 5.74) is 1.59. The number of hydrogen-bond donors (Lipinski definition) is 5. The fraction of sp³-hybridized carbons (Fsp3) is 0.344. The van der Waals surface area contributed by atoms with E-state index in [2.05, 4.69) is 10.5 Å². The predicted octanol–water partition coefficient (Wildman–Crippen LogP) is 2.07. The average molecular weight is 704 g/mol. The van der Waals surface area contributed by atoms with Crippen molar-refractivity contribution in [3.8, 4) is 0 Å². The quantitative estimate of drug-likeness (QED) is 0.0788. The van der Waals surface area contributed by atoms with Gasteiger partial charge in [-0.05, 0) is 41.2 Å². The number of sulfonamides is 2. The SMILES string of the molecule is CC(C)CN(C[C@@H](O)[C@H](Cc1ccccc1)NC(=O)[C@H](CS(N)(=O)=O)N(Cc1ccccc1)C(=O)O)S(=O)(=O)c1ccc(C=NO)cc1. The molecule has 0 radical (unpaired) electrons. The summed E-state index contributed by atoms with van der Waals surface area (Å²) in [5.74, 6) is -2.25. The minimum absolute atomic E-state index is 0.00313. The number of hydrogen-bond acceptors (Lipinski definition) is 9. The number of carbonyl (C=O) groups excluding carboxylic acids is 1. The first-order valence-electron chi connectivity index (χ1n) is 14.9. The molecule has 0 unspecified atom stereocenters. The third kappa shape index (κ3) is 11.4. The van der Waals surface area contributed by atoms with Crippen LogP contribution in [0.15, 0.2) is 95.0 Å². The third-order valence-corrected chi connectivity index (χ3v) is 9.91. The van der Waals surface area contributed by atoms with E-state index >= 15 is 0 Å². The lowest BCUT2D eigenvalue weighted by molar-refractivity contribution is -0.127. The highest BCUT2D eigenvalue weighted by Crippen LogP contribution is 2.20. The van der Waals surface area contributed by atoms with Crippen molar-refractivity contribution in [1.29, 1.82) is 0 Å². The van der Waals surface area contributed by atoms with E-state index in [1.165, 1.54) is 24.3 Å². The molecule has 2 amide bonds. The Morgan fingerprint density at radius 1 is 0.896 bits per heavy atom. The summed E-state index contributed by atoms with van der Waals surface area (Å²) in [6.07, 6.45) is -1.98. The Kier molecular flexibility index (Phi) is 13.6. The van der Waals surface area contributed by atoms with Crippen molar-refractivity contribution in [1.82, 2.24) is 14.5 Å². The van der Waals surface area contributed by atoms with Crippen molar-refractivity contribution in [2.75, 3.05) is 18.8 Å². The van der Waals surface area contributed by atoms with Crippen molar-refractivity contribution in [2.24, 2.45) is 16.2 Å². The van der Waals surface area contributed by atoms with Crippen molar-refractivity contribution >= 4 is 38.3 Å². The zero-order valence-corrected chi connectivity index (χ0v) is 28.2. The standard InChI is InChI=1S/C32H41N5O9S2/c1-23(2)19-36(48(45,46)27-15-13-25(14-16-27)18-34-42)21-30(38)28(17-24-9-5-3-6-10-24)35-31(39)29(22-47(33,43)44)37(32(40)41)20-26-11-7-4-8-12-26/h3-16,18,23,28-30,38,42H,17,19-22H2,1-2H3,(H,35,39)(H,40,41)(H2,33,43,44)/t28-,29-,30+/m0/s1. The van der Waals surface area contributed by atoms with E-state index < -0.39 is 62.5 Å². The van der Waals surface area contributed by atoms with Crippen LogP contribution in [-0.4, -0.2) is 96.7 Å². The number of aliphatic hydroxyl groups is 1. The number of amides is 2. The second-order valence-electron chi connectivity index (χ2n) is 11.6. The Morgan fingerprint density at radius 2 is 1.46 bits per heavy atom. The van der Waals surface area contributed by atoms with Crippen LogP contribution >= 0.6 is 0 Å². The second kappa shape index (κ2) is 17.2. The molecule has 16 heteroatoms. The summed E-state index contributed by atoms with van der Waals surface area (Å²) < 4.78 is 53.1. The topological polar surface area (TPSA) is 220 Å². The van der Waals surface area contributed by atoms with Gasteiger partial charge in [-0.1, -0.05) is 91.8 Å². The first-order chi connectivity index (χ1) is 22.6. The first kappa shape index (κ1) is 38.1. The fourth-order valence-corrected chi connectivity index (χ4v) is 7.40. The number of nitrogens with one attached hydrogen (secondary N) is 1. The van der Waals surface area contributed by atoms with E-state index in [-0.39, 0.29) is 30.3 Å². The highest BCUT2D eigenvalue weighted by atomic mass is 32.2. The molecule has 0 saturated heterocycles. The van der Waals surface area contributed by atoms with E-state index in [4.69, 9.17) is 10.3 Å². The van der Waals surface area contributed by atoms with Crippen molar-refractivity contribution in [3.63, 3.8) is 0 Å². The van der Waals surface area contributed by atoms with E-state index in [9.17, 15) is 36.6 Å². The van der Waals surface area contributed by atoms with E-state index in [0.29, 0.717) is 21.6 Å². The molecule has 0 spiro atoms. The molecule has 0 bridgehead atoms. The summed E-state index contributed by atoms with van der Waals surface area (Å²) in [6.45, 7) is 2.79. The lowest BCUT2D eigenvalue weighted by Crippen LogP contribution is -2.58. The molecule has 0 heterocycles. The Morgan fingerprint density at radius 3 is 1.96 bits per heavy atom. The van der Waals surface area contributed by atoms with Gasteiger partial charge < -0.3 is 20.7 Å². The first-order valence-corrected chi connectivity index (χ1v) is 18.1. The Balaban J connectivity index is 1.98. The number of oxime groups is 1. The number of rotatable bonds is 17. The summed E-state index contributed by atoms with van der Waals surface area (Å²) in [6, 6.07) is 19.5. The molecular weight excluding hydrogens is 663 g/mol. The maximum Gasteiger partial charge on any atom is 0.408 e. The molecule has 0 aliphatic heterocycles. The zero-order valence-electron chi connectivity index (χ0n) is 26.5. The lowest BCUT2D eigenvalue weighted by Gasteiger charge is -2.33. The third-order valence-electron chi connectivity index (χ3n) is 7.29. The molecule has 0 aromatic heterocycles. The molecule has 0 fully saturated rings. The molecule has 3 rings (SSSR count). The van der Waals surface area contributed by atoms with Gasteiger partial charge in [0.05, 0.1) is 29.0 Å². The van der Waals surface area contributed by atoms with Gasteiger partial charge in [-0.2, -0.15) is 4.31 Å². The van der Waals surface area contributed by atoms with Gasteiger partial charge in [0.25, 0.3) is 0 Å². The number of aliphatic hydroxyl groups excluding tert-OH is 1. The van der Waals surface area contributed by atoms with Crippen LogP contribution in [-0.2, 0) is 37.8 Å². The zero-order chi connectivity index (χ0) is 35.5. The summed E-state index contributed by atoms with van der Waals surface area (Å²) in [4.78, 5) is 26.8. The van der Waals surface area contributed by atoms with Crippen LogP contribution in [0.25, 0.3) is 0 Å². The molecule has 6 N–H and O–H groups in total. The van der Waals surface area contributed by atoms with Gasteiger partial charge in [-0.3, -0.25) is 9.69 Å². The molecule has 0 aliphatic rings. The molecule has 0 saturated carbocycles. The molecule has 48 heavy (non-hydrogen) atoms. The van der Waals surface area contributed by atoms with E-state index in [1.54, 1.807) is 74.5 Å². The Labute approximate surface area is 280 Å². The monoisotopic (exact) mass is 703 g/mol. The van der Waals surface area contributed by atoms with Crippen LogP contribution in [0.4, 0.5) is 4.79 Å². The summed E-state index contributed by atoms with van der Waals surface area (Å²) in [7, 11) is -8.57. The molecule has 3 aromatic carbocycles. The molecular formula is C32H41N5O9S2. The largest absolute Gasteiger partial charge is 0.465 e. The lowest BCUT2D eigenvalue weighted by atomic mass is 10.00. The van der Waals surface area contributed by atoms with Gasteiger partial charge in [0, 0.05) is 19.6 Å². The average Bonchev–Trinajstić information content (AvgIpc) is 3.02. The number of primary sulfonamides is 1. The van der Waals surface area contributed by atoms with Crippen LogP contribution in [0.3, 0.4) is 0 Å². The number of nitrogens with two attached hydrogens (primary N) is 1. The van der Waals surface area contributed by atoms with E-state index in [0.717, 1.165) is 10.5 Å². The number of carboxylic acid groups (broad SMARTS) is 1. The molecule has 0 aliphatic carbocycles. The Hall–Kier alpha value is -4.35. The Bertz CT molecular complexity index is 1740. The van der Waals surface area contributed by atoms with Crippen molar-refractivity contribution in [2.45, 2.75) is 49.9 Å². The minimum atomic E-state index is -4.38. The van der Waals surface area contributed by atoms with Crippen LogP contribution in [0.5, 0.6) is 0 Å². The van der Waals surface area contributed by atoms with Gasteiger partial charge >= 0.3 is 6.09 Å². The van der Waals surface area contributed by atoms with Gasteiger partial charge in [0.15, 0.2) is 0 Å². The fourth-order valence-electron chi connectivity index (χ4n) is 5.00. The maximum absolute atomic E-state index is 13.8. The molecule has 3 atom stereocenters. The predicted molar refractivity (Wildman–Crippen MR) is 179 cm³/mol. The minimum Gasteiger partial charge on any atom is -0.465 e. The highest BCUT2D eigenvalue weighted by Gasteiger charge is 2.37. The van der Waals surface area contributed by atoms with Crippen LogP contribution in [0.1, 0.15) is 30.5 Å². The number of benzene rings is 3. The van der Waals surface area contributed by atoms with Crippen molar-refractivity contribution in [3.05, 3.63) is 102 Å². The van der Waals surface area contributed by atoms with E-state index in [1.807, 2.05) is 0 Å². The summed E-state index contributed by atoms with van der Waals surface area (Å²) in [5, 5.41) is 41.2. The van der Waals surface area contributed by atoms with Crippen molar-refractivity contribution < 1.29 is 41.8 Å².